The molecule has 3 amide bonds. The molecule has 2 saturated heterocycles. The van der Waals surface area contributed by atoms with Crippen LogP contribution in [0.4, 0.5) is 4.79 Å². The van der Waals surface area contributed by atoms with E-state index in [4.69, 9.17) is 4.74 Å². The van der Waals surface area contributed by atoms with Crippen molar-refractivity contribution < 1.29 is 19.4 Å². The summed E-state index contributed by atoms with van der Waals surface area (Å²) in [6.45, 7) is 6.00. The van der Waals surface area contributed by atoms with Gasteiger partial charge in [-0.15, -0.1) is 10.2 Å². The number of hydrogen-bond donors (Lipinski definition) is 2. The van der Waals surface area contributed by atoms with Gasteiger partial charge in [0.2, 0.25) is 5.82 Å². The first-order valence-corrected chi connectivity index (χ1v) is 14.1. The van der Waals surface area contributed by atoms with Crippen molar-refractivity contribution in [3.05, 3.63) is 71.7 Å². The molecule has 0 saturated carbocycles. The number of pyridine rings is 1. The summed E-state index contributed by atoms with van der Waals surface area (Å²) in [6, 6.07) is 11.9. The van der Waals surface area contributed by atoms with Crippen LogP contribution in [0.15, 0.2) is 48.9 Å². The quantitative estimate of drug-likeness (QED) is 0.326. The number of ether oxygens (including phenoxy) is 1. The number of amides is 3. The number of aliphatic hydroxyl groups excluding tert-OH is 1. The second kappa shape index (κ2) is 11.0. The van der Waals surface area contributed by atoms with E-state index in [1.807, 2.05) is 31.2 Å². The number of likely N-dealkylation sites (tertiary alicyclic amines) is 1. The first kappa shape index (κ1) is 27.6. The Bertz CT molecular complexity index is 1590. The molecule has 5 heterocycles. The van der Waals surface area contributed by atoms with Gasteiger partial charge in [-0.05, 0) is 37.0 Å². The molecule has 3 aromatic heterocycles. The molecule has 1 aromatic carbocycles. The number of β-amino-alcohol motifs (C(OH)–C–C–N with tert-alkyl or cyclic N) is 1. The van der Waals surface area contributed by atoms with Crippen LogP contribution in [0.1, 0.15) is 59.4 Å². The van der Waals surface area contributed by atoms with Gasteiger partial charge in [-0.2, -0.15) is 0 Å². The highest BCUT2D eigenvalue weighted by atomic mass is 16.5. The lowest BCUT2D eigenvalue weighted by Gasteiger charge is -2.38. The molecule has 2 N–H and O–H groups in total. The minimum Gasteiger partial charge on any atom is -0.491 e. The van der Waals surface area contributed by atoms with E-state index in [0.29, 0.717) is 50.5 Å². The van der Waals surface area contributed by atoms with Crippen LogP contribution in [0, 0.1) is 6.92 Å². The molecule has 42 heavy (non-hydrogen) atoms. The van der Waals surface area contributed by atoms with Gasteiger partial charge in [0.1, 0.15) is 18.2 Å². The third kappa shape index (κ3) is 5.51. The van der Waals surface area contributed by atoms with Gasteiger partial charge in [-0.1, -0.05) is 37.3 Å². The number of nitrogens with zero attached hydrogens (tertiary/aromatic N) is 8. The summed E-state index contributed by atoms with van der Waals surface area (Å²) in [4.78, 5) is 37.5. The second-order valence-electron chi connectivity index (χ2n) is 11.4. The van der Waals surface area contributed by atoms with Crippen LogP contribution in [0.5, 0.6) is 5.75 Å². The van der Waals surface area contributed by atoms with Gasteiger partial charge in [0.25, 0.3) is 5.91 Å². The van der Waals surface area contributed by atoms with Gasteiger partial charge < -0.3 is 25.0 Å². The maximum absolute atomic E-state index is 12.9. The molecule has 220 valence electrons. The molecule has 4 aromatic rings. The molecule has 1 spiro atoms. The second-order valence-corrected chi connectivity index (χ2v) is 11.4. The Kier molecular flexibility index (Phi) is 7.27. The lowest BCUT2D eigenvalue weighted by Crippen LogP contribution is -2.53. The van der Waals surface area contributed by atoms with Crippen LogP contribution < -0.4 is 10.1 Å². The van der Waals surface area contributed by atoms with Crippen LogP contribution in [-0.2, 0) is 7.05 Å². The molecule has 6 rings (SSSR count). The van der Waals surface area contributed by atoms with Crippen molar-refractivity contribution in [3.8, 4) is 5.75 Å². The molecule has 13 heteroatoms. The number of nitrogens with one attached hydrogen (secondary N) is 1. The average molecular weight is 574 g/mol. The van der Waals surface area contributed by atoms with E-state index in [1.165, 1.54) is 16.6 Å². The number of aromatic nitrogens is 6. The van der Waals surface area contributed by atoms with Crippen LogP contribution in [0.25, 0.3) is 5.65 Å². The lowest BCUT2D eigenvalue weighted by atomic mass is 9.88. The number of carbonyl (C=O) groups excluding carboxylic acids is 2. The van der Waals surface area contributed by atoms with E-state index in [-0.39, 0.29) is 36.0 Å². The van der Waals surface area contributed by atoms with Crippen LogP contribution in [0.2, 0.25) is 0 Å². The van der Waals surface area contributed by atoms with Crippen LogP contribution in [-0.4, -0.2) is 94.5 Å². The van der Waals surface area contributed by atoms with Crippen LogP contribution >= 0.6 is 0 Å². The highest BCUT2D eigenvalue weighted by Gasteiger charge is 2.46. The lowest BCUT2D eigenvalue weighted by molar-refractivity contribution is 0.0640. The largest absolute Gasteiger partial charge is 0.491 e. The predicted octanol–water partition coefficient (Wildman–Crippen LogP) is 2.08. The summed E-state index contributed by atoms with van der Waals surface area (Å²) in [5, 5.41) is 22.7. The summed E-state index contributed by atoms with van der Waals surface area (Å²) in [5.41, 5.74) is 2.23. The minimum absolute atomic E-state index is 0.0575. The fraction of sp³-hybridized carbons (Fsp3) is 0.448. The monoisotopic (exact) mass is 573 g/mol. The zero-order valence-corrected chi connectivity index (χ0v) is 24.0. The number of hydrogen-bond acceptors (Lipinski definition) is 8. The summed E-state index contributed by atoms with van der Waals surface area (Å²) in [6.07, 6.45) is 3.39. The molecular weight excluding hydrogens is 538 g/mol. The molecule has 13 nitrogen and oxygen atoms in total. The summed E-state index contributed by atoms with van der Waals surface area (Å²) in [7, 11) is 1.72. The van der Waals surface area contributed by atoms with Crippen molar-refractivity contribution in [1.82, 2.24) is 44.5 Å². The van der Waals surface area contributed by atoms with Gasteiger partial charge in [0.05, 0.1) is 24.9 Å². The highest BCUT2D eigenvalue weighted by Crippen LogP contribution is 2.30. The first-order chi connectivity index (χ1) is 20.2. The molecule has 2 aliphatic heterocycles. The van der Waals surface area contributed by atoms with Crippen molar-refractivity contribution in [2.75, 3.05) is 32.8 Å². The van der Waals surface area contributed by atoms with Gasteiger partial charge in [-0.25, -0.2) is 19.3 Å². The van der Waals surface area contributed by atoms with Crippen molar-refractivity contribution in [2.24, 2.45) is 7.05 Å². The number of rotatable bonds is 8. The van der Waals surface area contributed by atoms with E-state index >= 15 is 0 Å². The third-order valence-electron chi connectivity index (χ3n) is 8.12. The maximum Gasteiger partial charge on any atom is 0.318 e. The Morgan fingerprint density at radius 2 is 1.95 bits per heavy atom. The molecule has 2 atom stereocenters. The number of piperidine rings is 1. The summed E-state index contributed by atoms with van der Waals surface area (Å²) >= 11 is 0. The van der Waals surface area contributed by atoms with Crippen molar-refractivity contribution in [2.45, 2.75) is 44.2 Å². The molecule has 0 aliphatic carbocycles. The molecule has 0 radical (unpaired) electrons. The fourth-order valence-corrected chi connectivity index (χ4v) is 5.67. The van der Waals surface area contributed by atoms with Gasteiger partial charge in [0.15, 0.2) is 11.5 Å². The van der Waals surface area contributed by atoms with Crippen molar-refractivity contribution >= 4 is 17.6 Å². The Morgan fingerprint density at radius 1 is 1.19 bits per heavy atom. The van der Waals surface area contributed by atoms with Crippen molar-refractivity contribution in [3.63, 3.8) is 0 Å². The van der Waals surface area contributed by atoms with Crippen molar-refractivity contribution in [1.29, 1.82) is 0 Å². The number of carbonyl (C=O) groups is 2. The Balaban J connectivity index is 1.07. The van der Waals surface area contributed by atoms with E-state index < -0.39 is 11.6 Å². The number of urea groups is 1. The summed E-state index contributed by atoms with van der Waals surface area (Å²) < 4.78 is 9.18. The molecular formula is C29H35N9O4. The van der Waals surface area contributed by atoms with Gasteiger partial charge in [0, 0.05) is 32.6 Å². The SMILES string of the molecule is Cc1cc(OC[C@H](C)c2ccccc2)cn2nc(C(O)CN3CC4(CCN(C(=O)c5ncn(C)n5)CC4)NC3=O)nc12. The predicted molar refractivity (Wildman–Crippen MR) is 152 cm³/mol. The topological polar surface area (TPSA) is 143 Å². The molecule has 0 bridgehead atoms. The third-order valence-corrected chi connectivity index (χ3v) is 8.12. The number of fused-ring (bicyclic) bond motifs is 1. The smallest absolute Gasteiger partial charge is 0.318 e. The normalized spacial score (nSPS) is 18.0. The van der Waals surface area contributed by atoms with E-state index in [0.717, 1.165) is 5.56 Å². The highest BCUT2D eigenvalue weighted by molar-refractivity contribution is 5.90. The van der Waals surface area contributed by atoms with E-state index in [2.05, 4.69) is 44.5 Å². The van der Waals surface area contributed by atoms with Crippen LogP contribution in [0.3, 0.4) is 0 Å². The fourth-order valence-electron chi connectivity index (χ4n) is 5.67. The zero-order chi connectivity index (χ0) is 29.4. The Morgan fingerprint density at radius 3 is 2.67 bits per heavy atom. The molecule has 2 fully saturated rings. The number of aryl methyl sites for hydroxylation is 2. The zero-order valence-electron chi connectivity index (χ0n) is 24.0. The number of aliphatic hydroxyl groups is 1. The Hall–Kier alpha value is -4.52. The summed E-state index contributed by atoms with van der Waals surface area (Å²) in [5.74, 6) is 1.08. The van der Waals surface area contributed by atoms with E-state index in [9.17, 15) is 14.7 Å². The Labute approximate surface area is 243 Å². The molecule has 2 aliphatic rings. The number of benzene rings is 1. The molecule has 1 unspecified atom stereocenters. The first-order valence-electron chi connectivity index (χ1n) is 14.1. The van der Waals surface area contributed by atoms with Gasteiger partial charge >= 0.3 is 6.03 Å². The average Bonchev–Trinajstić information content (AvgIpc) is 3.70. The van der Waals surface area contributed by atoms with Gasteiger partial charge in [-0.3, -0.25) is 9.48 Å². The minimum atomic E-state index is -1.07. The standard InChI is InChI=1S/C29H35N9O4/c1-19-13-22(42-16-20(2)21-7-5-4-6-8-21)14-38-26(19)31-24(34-38)23(39)15-37-17-29(32-28(37)41)9-11-36(12-10-29)27(40)25-30-18-35(3)33-25/h4-8,13-14,18,20,23,39H,9-12,15-17H2,1-3H3,(H,32,41)/t20-,23?/m0/s1. The maximum atomic E-state index is 12.9. The van der Waals surface area contributed by atoms with E-state index in [1.54, 1.807) is 27.6 Å².